The summed E-state index contributed by atoms with van der Waals surface area (Å²) in [6, 6.07) is 3.83. The van der Waals surface area contributed by atoms with Crippen LogP contribution in [0.5, 0.6) is 0 Å². The second-order valence-corrected chi connectivity index (χ2v) is 4.07. The highest BCUT2D eigenvalue weighted by atomic mass is 19.1. The average molecular weight is 277 g/mol. The number of anilines is 2. The van der Waals surface area contributed by atoms with Crippen LogP contribution in [0.1, 0.15) is 23.4 Å². The first-order valence-corrected chi connectivity index (χ1v) is 5.73. The van der Waals surface area contributed by atoms with Crippen LogP contribution in [-0.2, 0) is 4.79 Å². The van der Waals surface area contributed by atoms with Gasteiger partial charge in [0.1, 0.15) is 11.6 Å². The standard InChI is InChI=1S/C12H12FN5O2/c1-6-14-11(18-17-6)12(20)16-8-3-4-9(13)10(5-8)15-7(2)19/h3-5H,1-2H3,(H,15,19)(H,16,20)(H,14,17,18). The maximum Gasteiger partial charge on any atom is 0.295 e. The topological polar surface area (TPSA) is 99.8 Å². The molecule has 20 heavy (non-hydrogen) atoms. The Hall–Kier alpha value is -2.77. The van der Waals surface area contributed by atoms with Crippen molar-refractivity contribution in [1.29, 1.82) is 0 Å². The number of rotatable bonds is 3. The van der Waals surface area contributed by atoms with Crippen LogP contribution in [0.3, 0.4) is 0 Å². The van der Waals surface area contributed by atoms with Crippen molar-refractivity contribution in [2.75, 3.05) is 10.6 Å². The van der Waals surface area contributed by atoms with Crippen molar-refractivity contribution in [1.82, 2.24) is 15.2 Å². The van der Waals surface area contributed by atoms with E-state index in [-0.39, 0.29) is 11.5 Å². The molecule has 0 aliphatic heterocycles. The Morgan fingerprint density at radius 1 is 1.30 bits per heavy atom. The third-order valence-electron chi connectivity index (χ3n) is 2.34. The van der Waals surface area contributed by atoms with Gasteiger partial charge in [0.05, 0.1) is 5.69 Å². The number of nitrogens with zero attached hydrogens (tertiary/aromatic N) is 2. The van der Waals surface area contributed by atoms with Gasteiger partial charge < -0.3 is 10.6 Å². The fraction of sp³-hybridized carbons (Fsp3) is 0.167. The quantitative estimate of drug-likeness (QED) is 0.790. The van der Waals surface area contributed by atoms with Crippen LogP contribution in [0.25, 0.3) is 0 Å². The summed E-state index contributed by atoms with van der Waals surface area (Å²) in [5.41, 5.74) is 0.309. The summed E-state index contributed by atoms with van der Waals surface area (Å²) >= 11 is 0. The summed E-state index contributed by atoms with van der Waals surface area (Å²) in [5.74, 6) is -1.04. The Bertz CT molecular complexity index is 668. The predicted molar refractivity (Wildman–Crippen MR) is 69.8 cm³/mol. The molecule has 0 radical (unpaired) electrons. The molecule has 2 rings (SSSR count). The number of aromatic nitrogens is 3. The Kier molecular flexibility index (Phi) is 3.74. The van der Waals surface area contributed by atoms with Crippen molar-refractivity contribution >= 4 is 23.2 Å². The molecule has 7 nitrogen and oxygen atoms in total. The van der Waals surface area contributed by atoms with Gasteiger partial charge in [-0.25, -0.2) is 9.37 Å². The smallest absolute Gasteiger partial charge is 0.295 e. The van der Waals surface area contributed by atoms with E-state index in [0.29, 0.717) is 11.5 Å². The number of H-pyrrole nitrogens is 1. The van der Waals surface area contributed by atoms with Gasteiger partial charge in [0.2, 0.25) is 11.7 Å². The Morgan fingerprint density at radius 3 is 2.65 bits per heavy atom. The van der Waals surface area contributed by atoms with Crippen molar-refractivity contribution in [2.24, 2.45) is 0 Å². The van der Waals surface area contributed by atoms with E-state index in [9.17, 15) is 14.0 Å². The maximum absolute atomic E-state index is 13.4. The van der Waals surface area contributed by atoms with Crippen LogP contribution in [0.15, 0.2) is 18.2 Å². The molecule has 8 heteroatoms. The summed E-state index contributed by atoms with van der Waals surface area (Å²) in [4.78, 5) is 26.6. The van der Waals surface area contributed by atoms with E-state index in [1.165, 1.54) is 19.1 Å². The minimum atomic E-state index is -0.591. The highest BCUT2D eigenvalue weighted by molar-refractivity contribution is 6.02. The van der Waals surface area contributed by atoms with Gasteiger partial charge in [-0.05, 0) is 25.1 Å². The number of hydrogen-bond donors (Lipinski definition) is 3. The van der Waals surface area contributed by atoms with Crippen molar-refractivity contribution in [3.05, 3.63) is 35.7 Å². The summed E-state index contributed by atoms with van der Waals surface area (Å²) in [7, 11) is 0. The van der Waals surface area contributed by atoms with E-state index < -0.39 is 17.6 Å². The van der Waals surface area contributed by atoms with E-state index >= 15 is 0 Å². The Morgan fingerprint density at radius 2 is 2.05 bits per heavy atom. The lowest BCUT2D eigenvalue weighted by molar-refractivity contribution is -0.114. The number of halogens is 1. The molecule has 0 bridgehead atoms. The minimum Gasteiger partial charge on any atom is -0.324 e. The molecule has 0 saturated heterocycles. The molecule has 2 aromatic rings. The fourth-order valence-corrected chi connectivity index (χ4v) is 1.52. The molecule has 1 aromatic heterocycles. The Balaban J connectivity index is 2.17. The molecule has 0 aliphatic rings. The minimum absolute atomic E-state index is 0.0125. The van der Waals surface area contributed by atoms with Gasteiger partial charge in [0, 0.05) is 12.6 Å². The predicted octanol–water partition coefficient (Wildman–Crippen LogP) is 1.46. The van der Waals surface area contributed by atoms with Crippen LogP contribution in [-0.4, -0.2) is 27.0 Å². The number of hydrogen-bond acceptors (Lipinski definition) is 4. The van der Waals surface area contributed by atoms with Gasteiger partial charge in [0.25, 0.3) is 5.91 Å². The zero-order valence-electron chi connectivity index (χ0n) is 10.8. The summed E-state index contributed by atoms with van der Waals surface area (Å²) in [6.45, 7) is 2.93. The number of nitrogens with one attached hydrogen (secondary N) is 3. The second kappa shape index (κ2) is 5.47. The maximum atomic E-state index is 13.4. The van der Waals surface area contributed by atoms with E-state index in [4.69, 9.17) is 0 Å². The summed E-state index contributed by atoms with van der Waals surface area (Å²) in [5, 5.41) is 11.1. The van der Waals surface area contributed by atoms with Crippen molar-refractivity contribution in [3.8, 4) is 0 Å². The van der Waals surface area contributed by atoms with Gasteiger partial charge in [-0.3, -0.25) is 14.7 Å². The second-order valence-electron chi connectivity index (χ2n) is 4.07. The largest absolute Gasteiger partial charge is 0.324 e. The first kappa shape index (κ1) is 13.7. The number of benzene rings is 1. The molecule has 0 atom stereocenters. The van der Waals surface area contributed by atoms with Crippen LogP contribution >= 0.6 is 0 Å². The summed E-state index contributed by atoms with van der Waals surface area (Å²) < 4.78 is 13.4. The normalized spacial score (nSPS) is 10.2. The van der Waals surface area contributed by atoms with Gasteiger partial charge in [-0.15, -0.1) is 5.10 Å². The molecule has 1 aromatic carbocycles. The lowest BCUT2D eigenvalue weighted by Crippen LogP contribution is -2.14. The first-order valence-electron chi connectivity index (χ1n) is 5.73. The third kappa shape index (κ3) is 3.16. The molecular formula is C12H12FN5O2. The van der Waals surface area contributed by atoms with Crippen molar-refractivity contribution < 1.29 is 14.0 Å². The van der Waals surface area contributed by atoms with Crippen molar-refractivity contribution in [2.45, 2.75) is 13.8 Å². The number of aromatic amines is 1. The lowest BCUT2D eigenvalue weighted by Gasteiger charge is -2.07. The monoisotopic (exact) mass is 277 g/mol. The van der Waals surface area contributed by atoms with Crippen LogP contribution in [0.4, 0.5) is 15.8 Å². The third-order valence-corrected chi connectivity index (χ3v) is 2.34. The van der Waals surface area contributed by atoms with Gasteiger partial charge >= 0.3 is 0 Å². The highest BCUT2D eigenvalue weighted by Crippen LogP contribution is 2.19. The van der Waals surface area contributed by atoms with Crippen LogP contribution in [0.2, 0.25) is 0 Å². The molecule has 104 valence electrons. The molecule has 0 spiro atoms. The van der Waals surface area contributed by atoms with E-state index in [1.54, 1.807) is 6.92 Å². The first-order chi connectivity index (χ1) is 9.45. The molecule has 3 N–H and O–H groups in total. The van der Waals surface area contributed by atoms with Crippen LogP contribution < -0.4 is 10.6 Å². The zero-order valence-corrected chi connectivity index (χ0v) is 10.8. The highest BCUT2D eigenvalue weighted by Gasteiger charge is 2.12. The molecule has 2 amide bonds. The average Bonchev–Trinajstić information content (AvgIpc) is 2.79. The number of aryl methyl sites for hydroxylation is 1. The van der Waals surface area contributed by atoms with E-state index in [0.717, 1.165) is 6.07 Å². The van der Waals surface area contributed by atoms with E-state index in [2.05, 4.69) is 25.8 Å². The van der Waals surface area contributed by atoms with Gasteiger partial charge in [0.15, 0.2) is 0 Å². The number of carbonyl (C=O) groups excluding carboxylic acids is 2. The SMILES string of the molecule is CC(=O)Nc1cc(NC(=O)c2n[nH]c(C)n2)ccc1F. The lowest BCUT2D eigenvalue weighted by atomic mass is 10.2. The Labute approximate surface area is 113 Å². The fourth-order valence-electron chi connectivity index (χ4n) is 1.52. The van der Waals surface area contributed by atoms with Gasteiger partial charge in [-0.1, -0.05) is 0 Å². The van der Waals surface area contributed by atoms with Crippen LogP contribution in [0, 0.1) is 12.7 Å². The zero-order chi connectivity index (χ0) is 14.7. The molecule has 0 fully saturated rings. The molecule has 1 heterocycles. The molecule has 0 saturated carbocycles. The molecule has 0 unspecified atom stereocenters. The van der Waals surface area contributed by atoms with E-state index in [1.807, 2.05) is 0 Å². The number of carbonyl (C=O) groups is 2. The van der Waals surface area contributed by atoms with Crippen molar-refractivity contribution in [3.63, 3.8) is 0 Å². The molecule has 0 aliphatic carbocycles. The summed E-state index contributed by atoms with van der Waals surface area (Å²) in [6.07, 6.45) is 0. The number of amides is 2. The molecular weight excluding hydrogens is 265 g/mol. The van der Waals surface area contributed by atoms with Gasteiger partial charge in [-0.2, -0.15) is 0 Å².